The molecule has 2 aromatic heterocycles. The zero-order valence-electron chi connectivity index (χ0n) is 15.2. The van der Waals surface area contributed by atoms with E-state index in [-0.39, 0.29) is 11.9 Å². The minimum atomic E-state index is -0.241. The van der Waals surface area contributed by atoms with Crippen molar-refractivity contribution in [3.8, 4) is 11.3 Å². The van der Waals surface area contributed by atoms with Gasteiger partial charge >= 0.3 is 0 Å². The number of benzene rings is 1. The second kappa shape index (κ2) is 6.93. The van der Waals surface area contributed by atoms with Gasteiger partial charge in [0.15, 0.2) is 5.65 Å². The molecule has 0 saturated carbocycles. The predicted octanol–water partition coefficient (Wildman–Crippen LogP) is 4.01. The smallest absolute Gasteiger partial charge is 0.158 e. The molecule has 1 aliphatic heterocycles. The lowest BCUT2D eigenvalue weighted by molar-refractivity contribution is 0.120. The first-order valence-electron chi connectivity index (χ1n) is 9.81. The van der Waals surface area contributed by atoms with Gasteiger partial charge < -0.3 is 10.1 Å². The maximum absolute atomic E-state index is 13.3. The van der Waals surface area contributed by atoms with Crippen molar-refractivity contribution in [2.75, 3.05) is 18.5 Å². The second-order valence-electron chi connectivity index (χ2n) is 7.42. The van der Waals surface area contributed by atoms with Crippen molar-refractivity contribution in [1.82, 2.24) is 14.6 Å². The van der Waals surface area contributed by atoms with Gasteiger partial charge in [0.05, 0.1) is 11.8 Å². The van der Waals surface area contributed by atoms with E-state index in [9.17, 15) is 4.39 Å². The Morgan fingerprint density at radius 3 is 2.81 bits per heavy atom. The number of fused-ring (bicyclic) bond motifs is 2. The van der Waals surface area contributed by atoms with Crippen molar-refractivity contribution in [1.29, 1.82) is 0 Å². The molecule has 1 aliphatic carbocycles. The van der Waals surface area contributed by atoms with Gasteiger partial charge in [-0.05, 0) is 62.8 Å². The van der Waals surface area contributed by atoms with Gasteiger partial charge in [0.1, 0.15) is 11.6 Å². The van der Waals surface area contributed by atoms with Crippen LogP contribution in [0.2, 0.25) is 0 Å². The summed E-state index contributed by atoms with van der Waals surface area (Å²) in [5.74, 6) is 0.800. The Hall–Kier alpha value is -2.47. The number of nitrogens with zero attached hydrogens (tertiary/aromatic N) is 3. The average molecular weight is 366 g/mol. The molecule has 0 spiro atoms. The lowest BCUT2D eigenvalue weighted by Crippen LogP contribution is -2.22. The van der Waals surface area contributed by atoms with Crippen molar-refractivity contribution in [2.24, 2.45) is 0 Å². The van der Waals surface area contributed by atoms with Crippen LogP contribution in [0, 0.1) is 5.82 Å². The lowest BCUT2D eigenvalue weighted by Gasteiger charge is -2.21. The summed E-state index contributed by atoms with van der Waals surface area (Å²) < 4.78 is 21.0. The first-order chi connectivity index (χ1) is 13.3. The highest BCUT2D eigenvalue weighted by atomic mass is 19.1. The van der Waals surface area contributed by atoms with Crippen LogP contribution in [0.4, 0.5) is 10.2 Å². The maximum atomic E-state index is 13.3. The third kappa shape index (κ3) is 3.18. The fourth-order valence-electron chi connectivity index (χ4n) is 4.11. The first kappa shape index (κ1) is 16.7. The Kier molecular flexibility index (Phi) is 4.28. The second-order valence-corrected chi connectivity index (χ2v) is 7.42. The molecule has 1 fully saturated rings. The largest absolute Gasteiger partial charge is 0.376 e. The molecule has 5 nitrogen and oxygen atoms in total. The fourth-order valence-corrected chi connectivity index (χ4v) is 4.11. The summed E-state index contributed by atoms with van der Waals surface area (Å²) in [6.45, 7) is 1.64. The molecule has 0 unspecified atom stereocenters. The van der Waals surface area contributed by atoms with Gasteiger partial charge in [-0.25, -0.2) is 9.37 Å². The van der Waals surface area contributed by atoms with Crippen LogP contribution in [0.1, 0.15) is 36.9 Å². The molecule has 2 aliphatic rings. The maximum Gasteiger partial charge on any atom is 0.158 e. The summed E-state index contributed by atoms with van der Waals surface area (Å²) in [5, 5.41) is 8.40. The number of ether oxygens (including phenoxy) is 1. The lowest BCUT2D eigenvalue weighted by atomic mass is 9.96. The normalized spacial score (nSPS) is 19.4. The van der Waals surface area contributed by atoms with Crippen LogP contribution >= 0.6 is 0 Å². The third-order valence-electron chi connectivity index (χ3n) is 5.54. The van der Waals surface area contributed by atoms with E-state index in [1.165, 1.54) is 36.2 Å². The summed E-state index contributed by atoms with van der Waals surface area (Å²) in [4.78, 5) is 4.88. The number of nitrogens with one attached hydrogen (secondary N) is 1. The van der Waals surface area contributed by atoms with Gasteiger partial charge in [0.25, 0.3) is 0 Å². The molecule has 140 valence electrons. The molecular formula is C21H23FN4O. The van der Waals surface area contributed by atoms with Gasteiger partial charge in [0.2, 0.25) is 0 Å². The Morgan fingerprint density at radius 1 is 1.15 bits per heavy atom. The van der Waals surface area contributed by atoms with E-state index >= 15 is 0 Å². The van der Waals surface area contributed by atoms with Crippen LogP contribution in [-0.4, -0.2) is 33.9 Å². The van der Waals surface area contributed by atoms with Crippen LogP contribution in [0.25, 0.3) is 16.9 Å². The Labute approximate surface area is 157 Å². The van der Waals surface area contributed by atoms with Gasteiger partial charge in [-0.2, -0.15) is 9.61 Å². The van der Waals surface area contributed by atoms with Crippen LogP contribution in [0.15, 0.2) is 30.3 Å². The quantitative estimate of drug-likeness (QED) is 0.758. The molecule has 1 atom stereocenters. The molecule has 6 heteroatoms. The standard InChI is InChI=1S/C21H23FN4O/c22-15-9-7-14(8-10-15)19-12-20-24-18-6-2-1-5-17(18)21(26(20)25-19)23-13-16-4-3-11-27-16/h7-10,12,16,23H,1-6,11,13H2/t16-/m1/s1. The van der Waals surface area contributed by atoms with Crippen LogP contribution in [0.3, 0.4) is 0 Å². The number of hydrogen-bond donors (Lipinski definition) is 1. The minimum absolute atomic E-state index is 0.241. The molecular weight excluding hydrogens is 343 g/mol. The van der Waals surface area contributed by atoms with Gasteiger partial charge in [0, 0.05) is 36.0 Å². The van der Waals surface area contributed by atoms with E-state index in [0.29, 0.717) is 0 Å². The molecule has 3 heterocycles. The zero-order valence-corrected chi connectivity index (χ0v) is 15.2. The molecule has 1 N–H and O–H groups in total. The van der Waals surface area contributed by atoms with E-state index in [1.54, 1.807) is 12.1 Å². The number of hydrogen-bond acceptors (Lipinski definition) is 4. The van der Waals surface area contributed by atoms with Gasteiger partial charge in [-0.3, -0.25) is 0 Å². The summed E-state index contributed by atoms with van der Waals surface area (Å²) in [6.07, 6.45) is 6.90. The molecule has 0 bridgehead atoms. The minimum Gasteiger partial charge on any atom is -0.376 e. The highest BCUT2D eigenvalue weighted by Gasteiger charge is 2.22. The van der Waals surface area contributed by atoms with Crippen LogP contribution < -0.4 is 5.32 Å². The molecule has 3 aromatic rings. The van der Waals surface area contributed by atoms with E-state index in [2.05, 4.69) is 5.32 Å². The summed E-state index contributed by atoms with van der Waals surface area (Å²) in [6, 6.07) is 8.44. The van der Waals surface area contributed by atoms with Crippen molar-refractivity contribution < 1.29 is 9.13 Å². The molecule has 0 radical (unpaired) electrons. The van der Waals surface area contributed by atoms with E-state index < -0.39 is 0 Å². The number of rotatable bonds is 4. The SMILES string of the molecule is Fc1ccc(-c2cc3nc4c(c(NC[C@H]5CCCO5)n3n2)CCCC4)cc1. The highest BCUT2D eigenvalue weighted by molar-refractivity contribution is 5.67. The average Bonchev–Trinajstić information content (AvgIpc) is 3.35. The van der Waals surface area contributed by atoms with Crippen molar-refractivity contribution in [3.05, 3.63) is 47.4 Å². The van der Waals surface area contributed by atoms with Crippen LogP contribution in [0.5, 0.6) is 0 Å². The highest BCUT2D eigenvalue weighted by Crippen LogP contribution is 2.30. The number of anilines is 1. The van der Waals surface area contributed by atoms with E-state index in [4.69, 9.17) is 14.8 Å². The number of aryl methyl sites for hydroxylation is 1. The summed E-state index contributed by atoms with van der Waals surface area (Å²) >= 11 is 0. The monoisotopic (exact) mass is 366 g/mol. The third-order valence-corrected chi connectivity index (χ3v) is 5.54. The molecule has 5 rings (SSSR count). The molecule has 1 aromatic carbocycles. The topological polar surface area (TPSA) is 51.5 Å². The van der Waals surface area contributed by atoms with Crippen molar-refractivity contribution >= 4 is 11.5 Å². The van der Waals surface area contributed by atoms with Crippen LogP contribution in [-0.2, 0) is 17.6 Å². The summed E-state index contributed by atoms with van der Waals surface area (Å²) in [5.41, 5.74) is 4.99. The number of aromatic nitrogens is 3. The van der Waals surface area contributed by atoms with E-state index in [1.807, 2.05) is 10.6 Å². The zero-order chi connectivity index (χ0) is 18.2. The summed E-state index contributed by atoms with van der Waals surface area (Å²) in [7, 11) is 0. The Balaban J connectivity index is 1.57. The predicted molar refractivity (Wildman–Crippen MR) is 102 cm³/mol. The first-order valence-corrected chi connectivity index (χ1v) is 9.81. The van der Waals surface area contributed by atoms with E-state index in [0.717, 1.165) is 61.6 Å². The molecule has 27 heavy (non-hydrogen) atoms. The Morgan fingerprint density at radius 2 is 2.00 bits per heavy atom. The fraction of sp³-hybridized carbons (Fsp3) is 0.429. The van der Waals surface area contributed by atoms with Gasteiger partial charge in [-0.1, -0.05) is 0 Å². The molecule has 1 saturated heterocycles. The Bertz CT molecular complexity index is 960. The molecule has 0 amide bonds. The van der Waals surface area contributed by atoms with Crippen molar-refractivity contribution in [3.63, 3.8) is 0 Å². The number of halogens is 1. The van der Waals surface area contributed by atoms with Crippen molar-refractivity contribution in [2.45, 2.75) is 44.6 Å². The van der Waals surface area contributed by atoms with Gasteiger partial charge in [-0.15, -0.1) is 0 Å².